The fourth-order valence-corrected chi connectivity index (χ4v) is 2.88. The first-order valence-electron chi connectivity index (χ1n) is 8.62. The molecule has 0 aliphatic carbocycles. The standard InChI is InChI=1S/C18H29N3O3/c1-4-24-17-15(22-2)11-14(12-16(17)23-3)13-20-18(19)21-9-7-5-6-8-10-21/h11-12H,4-10,13H2,1-3H3,(H2,19,20). The van der Waals surface area contributed by atoms with Crippen molar-refractivity contribution in [2.24, 2.45) is 10.7 Å². The van der Waals surface area contributed by atoms with Crippen molar-refractivity contribution < 1.29 is 14.2 Å². The Balaban J connectivity index is 2.14. The van der Waals surface area contributed by atoms with Gasteiger partial charge >= 0.3 is 0 Å². The second-order valence-corrected chi connectivity index (χ2v) is 5.84. The molecular weight excluding hydrogens is 306 g/mol. The van der Waals surface area contributed by atoms with Crippen molar-refractivity contribution in [2.45, 2.75) is 39.2 Å². The maximum absolute atomic E-state index is 6.17. The number of likely N-dealkylation sites (tertiary alicyclic amines) is 1. The van der Waals surface area contributed by atoms with E-state index in [1.165, 1.54) is 25.7 Å². The summed E-state index contributed by atoms with van der Waals surface area (Å²) in [5, 5.41) is 0. The zero-order chi connectivity index (χ0) is 17.4. The average molecular weight is 335 g/mol. The molecule has 0 saturated carbocycles. The first kappa shape index (κ1) is 18.2. The number of nitrogens with zero attached hydrogens (tertiary/aromatic N) is 2. The molecule has 2 rings (SSSR count). The minimum absolute atomic E-state index is 0.488. The molecule has 1 saturated heterocycles. The van der Waals surface area contributed by atoms with Crippen LogP contribution in [0, 0.1) is 0 Å². The molecule has 0 aromatic heterocycles. The molecule has 24 heavy (non-hydrogen) atoms. The maximum atomic E-state index is 6.17. The molecule has 1 aliphatic heterocycles. The zero-order valence-corrected chi connectivity index (χ0v) is 15.0. The SMILES string of the molecule is CCOc1c(OC)cc(CN=C(N)N2CCCCCC2)cc1OC. The van der Waals surface area contributed by atoms with Crippen molar-refractivity contribution in [1.29, 1.82) is 0 Å². The highest BCUT2D eigenvalue weighted by molar-refractivity contribution is 5.78. The summed E-state index contributed by atoms with van der Waals surface area (Å²) in [6, 6.07) is 3.85. The van der Waals surface area contributed by atoms with E-state index >= 15 is 0 Å². The lowest BCUT2D eigenvalue weighted by atomic mass is 10.2. The van der Waals surface area contributed by atoms with E-state index in [1.807, 2.05) is 19.1 Å². The highest BCUT2D eigenvalue weighted by Crippen LogP contribution is 2.38. The van der Waals surface area contributed by atoms with E-state index in [0.717, 1.165) is 18.7 Å². The van der Waals surface area contributed by atoms with Gasteiger partial charge < -0.3 is 24.8 Å². The minimum Gasteiger partial charge on any atom is -0.493 e. The van der Waals surface area contributed by atoms with Crippen LogP contribution in [0.5, 0.6) is 17.2 Å². The lowest BCUT2D eigenvalue weighted by molar-refractivity contribution is 0.288. The number of aliphatic imine (C=N–C) groups is 1. The molecule has 1 aromatic rings. The smallest absolute Gasteiger partial charge is 0.203 e. The summed E-state index contributed by atoms with van der Waals surface area (Å²) < 4.78 is 16.5. The summed E-state index contributed by atoms with van der Waals surface area (Å²) in [5.74, 6) is 2.53. The number of hydrogen-bond donors (Lipinski definition) is 1. The van der Waals surface area contributed by atoms with Crippen LogP contribution < -0.4 is 19.9 Å². The topological polar surface area (TPSA) is 69.3 Å². The van der Waals surface area contributed by atoms with Gasteiger partial charge in [-0.15, -0.1) is 0 Å². The van der Waals surface area contributed by atoms with E-state index in [1.54, 1.807) is 14.2 Å². The van der Waals surface area contributed by atoms with Crippen molar-refractivity contribution in [2.75, 3.05) is 33.9 Å². The summed E-state index contributed by atoms with van der Waals surface area (Å²) in [6.07, 6.45) is 4.91. The fraction of sp³-hybridized carbons (Fsp3) is 0.611. The first-order valence-corrected chi connectivity index (χ1v) is 8.62. The highest BCUT2D eigenvalue weighted by Gasteiger charge is 2.14. The lowest BCUT2D eigenvalue weighted by Gasteiger charge is -2.21. The van der Waals surface area contributed by atoms with Crippen molar-refractivity contribution in [1.82, 2.24) is 4.90 Å². The van der Waals surface area contributed by atoms with Gasteiger partial charge in [0.25, 0.3) is 0 Å². The van der Waals surface area contributed by atoms with Gasteiger partial charge in [0.05, 0.1) is 27.4 Å². The van der Waals surface area contributed by atoms with Gasteiger partial charge in [-0.3, -0.25) is 0 Å². The Bertz CT molecular complexity index is 527. The second kappa shape index (κ2) is 9.25. The lowest BCUT2D eigenvalue weighted by Crippen LogP contribution is -2.38. The first-order chi connectivity index (χ1) is 11.7. The Morgan fingerprint density at radius 3 is 2.17 bits per heavy atom. The fourth-order valence-electron chi connectivity index (χ4n) is 2.88. The van der Waals surface area contributed by atoms with Crippen molar-refractivity contribution in [3.05, 3.63) is 17.7 Å². The molecule has 0 bridgehead atoms. The third-order valence-corrected chi connectivity index (χ3v) is 4.16. The summed E-state index contributed by atoms with van der Waals surface area (Å²) in [7, 11) is 3.24. The van der Waals surface area contributed by atoms with Crippen molar-refractivity contribution >= 4 is 5.96 Å². The van der Waals surface area contributed by atoms with Crippen LogP contribution in [0.1, 0.15) is 38.2 Å². The van der Waals surface area contributed by atoms with E-state index in [-0.39, 0.29) is 0 Å². The van der Waals surface area contributed by atoms with E-state index in [4.69, 9.17) is 19.9 Å². The van der Waals surface area contributed by atoms with Crippen LogP contribution in [0.15, 0.2) is 17.1 Å². The van der Waals surface area contributed by atoms with Gasteiger partial charge in [0, 0.05) is 13.1 Å². The van der Waals surface area contributed by atoms with Crippen LogP contribution in [0.3, 0.4) is 0 Å². The zero-order valence-electron chi connectivity index (χ0n) is 15.0. The number of guanidine groups is 1. The summed E-state index contributed by atoms with van der Waals surface area (Å²) in [5.41, 5.74) is 7.15. The maximum Gasteiger partial charge on any atom is 0.203 e. The monoisotopic (exact) mass is 335 g/mol. The third kappa shape index (κ3) is 4.69. The Morgan fingerprint density at radius 1 is 1.08 bits per heavy atom. The largest absolute Gasteiger partial charge is 0.493 e. The molecule has 134 valence electrons. The summed E-state index contributed by atoms with van der Waals surface area (Å²) >= 11 is 0. The van der Waals surface area contributed by atoms with Crippen molar-refractivity contribution in [3.8, 4) is 17.2 Å². The Kier molecular flexibility index (Phi) is 7.03. The molecule has 0 unspecified atom stereocenters. The Hall–Kier alpha value is -2.11. The number of rotatable bonds is 6. The van der Waals surface area contributed by atoms with Crippen LogP contribution in [-0.4, -0.2) is 44.8 Å². The molecule has 0 amide bonds. The third-order valence-electron chi connectivity index (χ3n) is 4.16. The molecule has 0 radical (unpaired) electrons. The predicted molar refractivity (Wildman–Crippen MR) is 96.1 cm³/mol. The van der Waals surface area contributed by atoms with Crippen LogP contribution in [-0.2, 0) is 6.54 Å². The normalized spacial score (nSPS) is 15.8. The summed E-state index contributed by atoms with van der Waals surface area (Å²) in [4.78, 5) is 6.73. The van der Waals surface area contributed by atoms with Crippen LogP contribution >= 0.6 is 0 Å². The van der Waals surface area contributed by atoms with Gasteiger partial charge in [-0.1, -0.05) is 12.8 Å². The van der Waals surface area contributed by atoms with E-state index < -0.39 is 0 Å². The van der Waals surface area contributed by atoms with Gasteiger partial charge in [0.15, 0.2) is 17.5 Å². The molecule has 1 fully saturated rings. The Labute approximate surface area is 144 Å². The van der Waals surface area contributed by atoms with Gasteiger partial charge in [0.2, 0.25) is 5.75 Å². The highest BCUT2D eigenvalue weighted by atomic mass is 16.5. The Morgan fingerprint density at radius 2 is 1.67 bits per heavy atom. The van der Waals surface area contributed by atoms with Gasteiger partial charge in [0.1, 0.15) is 0 Å². The minimum atomic E-state index is 0.488. The molecule has 6 heteroatoms. The molecule has 6 nitrogen and oxygen atoms in total. The molecule has 1 heterocycles. The molecule has 2 N–H and O–H groups in total. The van der Waals surface area contributed by atoms with Crippen LogP contribution in [0.2, 0.25) is 0 Å². The number of ether oxygens (including phenoxy) is 3. The van der Waals surface area contributed by atoms with Gasteiger partial charge in [-0.05, 0) is 37.5 Å². The summed E-state index contributed by atoms with van der Waals surface area (Å²) in [6.45, 7) is 4.95. The van der Waals surface area contributed by atoms with E-state index in [0.29, 0.717) is 36.4 Å². The molecule has 0 spiro atoms. The second-order valence-electron chi connectivity index (χ2n) is 5.84. The molecule has 0 atom stereocenters. The van der Waals surface area contributed by atoms with Gasteiger partial charge in [-0.2, -0.15) is 0 Å². The molecule has 1 aromatic carbocycles. The van der Waals surface area contributed by atoms with Crippen LogP contribution in [0.4, 0.5) is 0 Å². The number of methoxy groups -OCH3 is 2. The predicted octanol–water partition coefficient (Wildman–Crippen LogP) is 2.79. The van der Waals surface area contributed by atoms with E-state index in [2.05, 4.69) is 9.89 Å². The van der Waals surface area contributed by atoms with Crippen molar-refractivity contribution in [3.63, 3.8) is 0 Å². The van der Waals surface area contributed by atoms with Gasteiger partial charge in [-0.25, -0.2) is 4.99 Å². The number of hydrogen-bond acceptors (Lipinski definition) is 4. The average Bonchev–Trinajstić information content (AvgIpc) is 2.89. The number of benzene rings is 1. The number of nitrogens with two attached hydrogens (primary N) is 1. The van der Waals surface area contributed by atoms with E-state index in [9.17, 15) is 0 Å². The van der Waals surface area contributed by atoms with Crippen LogP contribution in [0.25, 0.3) is 0 Å². The molecule has 1 aliphatic rings. The molecular formula is C18H29N3O3. The quantitative estimate of drug-likeness (QED) is 0.639.